The Morgan fingerprint density at radius 2 is 2.50 bits per heavy atom. The molecule has 0 fully saturated rings. The number of carbonyl (C=O) groups is 1. The summed E-state index contributed by atoms with van der Waals surface area (Å²) in [7, 11) is 0. The van der Waals surface area contributed by atoms with E-state index >= 15 is 0 Å². The van der Waals surface area contributed by atoms with E-state index in [2.05, 4.69) is 17.2 Å². The molecule has 0 aliphatic rings. The minimum Gasteiger partial charge on any atom is -0.370 e. The van der Waals surface area contributed by atoms with Crippen LogP contribution in [0.15, 0.2) is 5.51 Å². The smallest absolute Gasteiger partial charge is 0.218 e. The number of primary amides is 1. The van der Waals surface area contributed by atoms with Crippen molar-refractivity contribution in [3.05, 3.63) is 16.1 Å². The molecule has 78 valence electrons. The second kappa shape index (κ2) is 5.07. The molecule has 4 nitrogen and oxygen atoms in total. The quantitative estimate of drug-likeness (QED) is 0.766. The van der Waals surface area contributed by atoms with Crippen molar-refractivity contribution in [2.75, 3.05) is 6.54 Å². The van der Waals surface area contributed by atoms with Gasteiger partial charge in [0.25, 0.3) is 0 Å². The zero-order valence-corrected chi connectivity index (χ0v) is 9.23. The van der Waals surface area contributed by atoms with Gasteiger partial charge in [-0.3, -0.25) is 4.79 Å². The number of thiazole rings is 1. The van der Waals surface area contributed by atoms with Crippen LogP contribution in [0, 0.1) is 6.92 Å². The molecular weight excluding hydrogens is 198 g/mol. The van der Waals surface area contributed by atoms with E-state index in [-0.39, 0.29) is 11.9 Å². The van der Waals surface area contributed by atoms with Gasteiger partial charge in [0, 0.05) is 23.9 Å². The van der Waals surface area contributed by atoms with Crippen LogP contribution in [-0.4, -0.2) is 17.4 Å². The van der Waals surface area contributed by atoms with Gasteiger partial charge in [0.1, 0.15) is 0 Å². The lowest BCUT2D eigenvalue weighted by molar-refractivity contribution is -0.117. The Bertz CT molecular complexity index is 311. The number of aryl methyl sites for hydroxylation is 1. The molecule has 1 atom stereocenters. The van der Waals surface area contributed by atoms with E-state index in [4.69, 9.17) is 5.73 Å². The number of nitrogens with two attached hydrogens (primary N) is 1. The number of nitrogens with one attached hydrogen (secondary N) is 1. The highest BCUT2D eigenvalue weighted by atomic mass is 32.1. The minimum atomic E-state index is -0.272. The van der Waals surface area contributed by atoms with Crippen LogP contribution in [0.1, 0.15) is 30.0 Å². The van der Waals surface area contributed by atoms with Crippen molar-refractivity contribution in [3.63, 3.8) is 0 Å². The first-order valence-corrected chi connectivity index (χ1v) is 5.41. The molecule has 0 aliphatic heterocycles. The van der Waals surface area contributed by atoms with Gasteiger partial charge >= 0.3 is 0 Å². The third-order valence-electron chi connectivity index (χ3n) is 2.00. The number of hydrogen-bond donors (Lipinski definition) is 2. The number of aromatic nitrogens is 1. The standard InChI is InChI=1S/C9H15N3OS/c1-6(11-4-3-8(10)13)9-7(2)12-5-14-9/h5-6,11H,3-4H2,1-2H3,(H2,10,13). The summed E-state index contributed by atoms with van der Waals surface area (Å²) in [6.07, 6.45) is 0.377. The number of hydrogen-bond acceptors (Lipinski definition) is 4. The Morgan fingerprint density at radius 1 is 1.79 bits per heavy atom. The van der Waals surface area contributed by atoms with Crippen molar-refractivity contribution in [3.8, 4) is 0 Å². The van der Waals surface area contributed by atoms with Crippen molar-refractivity contribution >= 4 is 17.2 Å². The molecule has 3 N–H and O–H groups in total. The predicted molar refractivity (Wildman–Crippen MR) is 57.1 cm³/mol. The van der Waals surface area contributed by atoms with Crippen LogP contribution in [0.5, 0.6) is 0 Å². The maximum atomic E-state index is 10.5. The largest absolute Gasteiger partial charge is 0.370 e. The molecule has 0 saturated heterocycles. The van der Waals surface area contributed by atoms with Crippen LogP contribution in [0.4, 0.5) is 0 Å². The lowest BCUT2D eigenvalue weighted by atomic mass is 10.2. The SMILES string of the molecule is Cc1ncsc1C(C)NCCC(N)=O. The summed E-state index contributed by atoms with van der Waals surface area (Å²) in [4.78, 5) is 15.9. The van der Waals surface area contributed by atoms with Crippen molar-refractivity contribution in [2.24, 2.45) is 5.73 Å². The van der Waals surface area contributed by atoms with Crippen LogP contribution in [0.25, 0.3) is 0 Å². The number of amides is 1. The van der Waals surface area contributed by atoms with E-state index in [1.54, 1.807) is 11.3 Å². The van der Waals surface area contributed by atoms with Gasteiger partial charge in [-0.05, 0) is 13.8 Å². The van der Waals surface area contributed by atoms with E-state index in [9.17, 15) is 4.79 Å². The summed E-state index contributed by atoms with van der Waals surface area (Å²) in [5.74, 6) is -0.272. The van der Waals surface area contributed by atoms with E-state index in [0.29, 0.717) is 13.0 Å². The number of nitrogens with zero attached hydrogens (tertiary/aromatic N) is 1. The summed E-state index contributed by atoms with van der Waals surface area (Å²) in [5, 5.41) is 3.23. The maximum Gasteiger partial charge on any atom is 0.218 e. The lowest BCUT2D eigenvalue weighted by Gasteiger charge is -2.11. The van der Waals surface area contributed by atoms with Gasteiger partial charge in [-0.15, -0.1) is 11.3 Å². The third-order valence-corrected chi connectivity index (χ3v) is 3.11. The van der Waals surface area contributed by atoms with E-state index in [1.807, 2.05) is 12.4 Å². The first kappa shape index (κ1) is 11.1. The van der Waals surface area contributed by atoms with Crippen molar-refractivity contribution in [2.45, 2.75) is 26.3 Å². The molecule has 0 aromatic carbocycles. The van der Waals surface area contributed by atoms with Crippen LogP contribution >= 0.6 is 11.3 Å². The molecule has 0 radical (unpaired) electrons. The van der Waals surface area contributed by atoms with Gasteiger partial charge in [-0.1, -0.05) is 0 Å². The number of carbonyl (C=O) groups excluding carboxylic acids is 1. The molecule has 1 aromatic heterocycles. The molecule has 14 heavy (non-hydrogen) atoms. The highest BCUT2D eigenvalue weighted by Gasteiger charge is 2.09. The average molecular weight is 213 g/mol. The molecule has 1 heterocycles. The highest BCUT2D eigenvalue weighted by molar-refractivity contribution is 7.09. The summed E-state index contributed by atoms with van der Waals surface area (Å²) in [6, 6.07) is 0.238. The zero-order valence-electron chi connectivity index (χ0n) is 8.41. The summed E-state index contributed by atoms with van der Waals surface area (Å²) in [6.45, 7) is 4.66. The van der Waals surface area contributed by atoms with E-state index in [1.165, 1.54) is 4.88 Å². The van der Waals surface area contributed by atoms with Gasteiger partial charge in [0.15, 0.2) is 0 Å². The monoisotopic (exact) mass is 213 g/mol. The average Bonchev–Trinajstić information content (AvgIpc) is 2.50. The van der Waals surface area contributed by atoms with Gasteiger partial charge in [-0.2, -0.15) is 0 Å². The molecule has 5 heteroatoms. The molecule has 0 saturated carbocycles. The Balaban J connectivity index is 2.39. The minimum absolute atomic E-state index is 0.238. The van der Waals surface area contributed by atoms with E-state index < -0.39 is 0 Å². The lowest BCUT2D eigenvalue weighted by Crippen LogP contribution is -2.24. The fourth-order valence-electron chi connectivity index (χ4n) is 1.23. The van der Waals surface area contributed by atoms with Crippen LogP contribution in [-0.2, 0) is 4.79 Å². The molecule has 1 rings (SSSR count). The Labute approximate surface area is 87.5 Å². The normalized spacial score (nSPS) is 12.7. The van der Waals surface area contributed by atoms with Gasteiger partial charge in [0.05, 0.1) is 11.2 Å². The van der Waals surface area contributed by atoms with Crippen molar-refractivity contribution < 1.29 is 4.79 Å². The van der Waals surface area contributed by atoms with Crippen molar-refractivity contribution in [1.82, 2.24) is 10.3 Å². The summed E-state index contributed by atoms with van der Waals surface area (Å²) < 4.78 is 0. The molecule has 0 spiro atoms. The molecule has 0 aliphatic carbocycles. The summed E-state index contributed by atoms with van der Waals surface area (Å²) >= 11 is 1.63. The first-order chi connectivity index (χ1) is 6.61. The van der Waals surface area contributed by atoms with Gasteiger partial charge in [0.2, 0.25) is 5.91 Å². The highest BCUT2D eigenvalue weighted by Crippen LogP contribution is 2.20. The Kier molecular flexibility index (Phi) is 4.03. The Hall–Kier alpha value is -0.940. The van der Waals surface area contributed by atoms with Gasteiger partial charge in [-0.25, -0.2) is 4.98 Å². The van der Waals surface area contributed by atoms with Crippen LogP contribution in [0.2, 0.25) is 0 Å². The van der Waals surface area contributed by atoms with Crippen LogP contribution in [0.3, 0.4) is 0 Å². The maximum absolute atomic E-state index is 10.5. The van der Waals surface area contributed by atoms with E-state index in [0.717, 1.165) is 5.69 Å². The fourth-order valence-corrected chi connectivity index (χ4v) is 2.07. The number of rotatable bonds is 5. The topological polar surface area (TPSA) is 68.0 Å². The second-order valence-electron chi connectivity index (χ2n) is 3.19. The van der Waals surface area contributed by atoms with Crippen LogP contribution < -0.4 is 11.1 Å². The summed E-state index contributed by atoms with van der Waals surface area (Å²) in [5.41, 5.74) is 7.92. The molecule has 1 amide bonds. The van der Waals surface area contributed by atoms with Gasteiger partial charge < -0.3 is 11.1 Å². The fraction of sp³-hybridized carbons (Fsp3) is 0.556. The molecule has 1 aromatic rings. The molecule has 1 unspecified atom stereocenters. The predicted octanol–water partition coefficient (Wildman–Crippen LogP) is 0.978. The van der Waals surface area contributed by atoms with Crippen molar-refractivity contribution in [1.29, 1.82) is 0 Å². The first-order valence-electron chi connectivity index (χ1n) is 4.53. The third kappa shape index (κ3) is 3.08. The molecule has 0 bridgehead atoms. The Morgan fingerprint density at radius 3 is 3.00 bits per heavy atom. The second-order valence-corrected chi connectivity index (χ2v) is 4.08. The molecular formula is C9H15N3OS. The zero-order chi connectivity index (χ0) is 10.6.